The first-order chi connectivity index (χ1) is 19.9. The number of carbonyl (C=O) groups excluding carboxylic acids is 2. The molecule has 1 aliphatic rings. The van der Waals surface area contributed by atoms with E-state index in [1.54, 1.807) is 0 Å². The Morgan fingerprint density at radius 2 is 1.20 bits per heavy atom. The van der Waals surface area contributed by atoms with E-state index >= 15 is 0 Å². The molecule has 0 radical (unpaired) electrons. The minimum atomic E-state index is -0.343. The third-order valence-corrected chi connectivity index (χ3v) is 7.87. The van der Waals surface area contributed by atoms with Crippen LogP contribution in [0.15, 0.2) is 46.1 Å². The molecule has 0 spiro atoms. The van der Waals surface area contributed by atoms with Gasteiger partial charge in [0.2, 0.25) is 0 Å². The molecule has 41 heavy (non-hydrogen) atoms. The zero-order valence-corrected chi connectivity index (χ0v) is 27.4. The first-order valence-electron chi connectivity index (χ1n) is 16.9. The summed E-state index contributed by atoms with van der Waals surface area (Å²) in [7, 11) is 0. The third-order valence-electron chi connectivity index (χ3n) is 7.87. The number of esters is 2. The fourth-order valence-electron chi connectivity index (χ4n) is 5.18. The number of hydrogen-bond acceptors (Lipinski definition) is 4. The molecule has 0 amide bonds. The third kappa shape index (κ3) is 18.9. The van der Waals surface area contributed by atoms with Gasteiger partial charge in [0.1, 0.15) is 0 Å². The predicted molar refractivity (Wildman–Crippen MR) is 174 cm³/mol. The van der Waals surface area contributed by atoms with Gasteiger partial charge in [-0.05, 0) is 65.7 Å². The minimum Gasteiger partial charge on any atom is -0.462 e. The molecule has 4 nitrogen and oxygen atoms in total. The molecule has 234 valence electrons. The maximum absolute atomic E-state index is 13.2. The highest BCUT2D eigenvalue weighted by Gasteiger charge is 2.26. The van der Waals surface area contributed by atoms with Crippen LogP contribution in [0.2, 0.25) is 0 Å². The Hall–Kier alpha value is -2.10. The summed E-state index contributed by atoms with van der Waals surface area (Å²) >= 11 is 0. The number of hydrogen-bond donors (Lipinski definition) is 0. The Labute approximate surface area is 253 Å². The molecule has 0 aromatic carbocycles. The highest BCUT2D eigenvalue weighted by atomic mass is 16.5. The second-order valence-corrected chi connectivity index (χ2v) is 12.1. The maximum Gasteiger partial charge on any atom is 0.334 e. The number of ether oxygens (including phenoxy) is 2. The summed E-state index contributed by atoms with van der Waals surface area (Å²) in [6, 6.07) is 0. The van der Waals surface area contributed by atoms with Gasteiger partial charge in [-0.1, -0.05) is 126 Å². The van der Waals surface area contributed by atoms with E-state index in [4.69, 9.17) is 9.47 Å². The van der Waals surface area contributed by atoms with E-state index in [0.29, 0.717) is 37.2 Å². The molecule has 4 heteroatoms. The Bertz CT molecular complexity index is 854. The van der Waals surface area contributed by atoms with Crippen molar-refractivity contribution in [1.82, 2.24) is 0 Å². The van der Waals surface area contributed by atoms with Gasteiger partial charge in [0.25, 0.3) is 0 Å². The molecule has 0 unspecified atom stereocenters. The van der Waals surface area contributed by atoms with E-state index in [9.17, 15) is 9.59 Å². The van der Waals surface area contributed by atoms with Crippen LogP contribution in [0.3, 0.4) is 0 Å². The lowest BCUT2D eigenvalue weighted by atomic mass is 9.89. The van der Waals surface area contributed by atoms with Crippen molar-refractivity contribution in [2.45, 2.75) is 163 Å². The fourth-order valence-corrected chi connectivity index (χ4v) is 5.18. The second kappa shape index (κ2) is 24.5. The number of unbranched alkanes of at least 4 members (excludes halogenated alkanes) is 12. The Morgan fingerprint density at radius 1 is 0.683 bits per heavy atom. The molecule has 1 aliphatic carbocycles. The van der Waals surface area contributed by atoms with Gasteiger partial charge in [-0.2, -0.15) is 0 Å². The smallest absolute Gasteiger partial charge is 0.334 e. The van der Waals surface area contributed by atoms with Crippen molar-refractivity contribution in [1.29, 1.82) is 0 Å². The zero-order valence-electron chi connectivity index (χ0n) is 27.4. The molecule has 0 saturated heterocycles. The van der Waals surface area contributed by atoms with E-state index in [1.807, 2.05) is 0 Å². The summed E-state index contributed by atoms with van der Waals surface area (Å²) < 4.78 is 11.3. The molecule has 0 N–H and O–H groups in total. The average molecular weight is 571 g/mol. The van der Waals surface area contributed by atoms with Crippen LogP contribution >= 0.6 is 0 Å². The normalized spacial score (nSPS) is 13.7. The quantitative estimate of drug-likeness (QED) is 0.0658. The van der Waals surface area contributed by atoms with E-state index in [2.05, 4.69) is 52.8 Å². The molecule has 0 bridgehead atoms. The topological polar surface area (TPSA) is 52.6 Å². The van der Waals surface area contributed by atoms with Gasteiger partial charge >= 0.3 is 11.9 Å². The van der Waals surface area contributed by atoms with Crippen molar-refractivity contribution in [2.75, 3.05) is 13.2 Å². The molecule has 1 rings (SSSR count). The van der Waals surface area contributed by atoms with Gasteiger partial charge < -0.3 is 9.47 Å². The van der Waals surface area contributed by atoms with Crippen LogP contribution in [0.4, 0.5) is 0 Å². The summed E-state index contributed by atoms with van der Waals surface area (Å²) in [5, 5.41) is 0. The predicted octanol–water partition coefficient (Wildman–Crippen LogP) is 11.1. The molecule has 0 aromatic rings. The first-order valence-corrected chi connectivity index (χ1v) is 16.9. The van der Waals surface area contributed by atoms with Crippen LogP contribution in [-0.2, 0) is 19.1 Å². The van der Waals surface area contributed by atoms with E-state index in [0.717, 1.165) is 51.4 Å². The van der Waals surface area contributed by atoms with Gasteiger partial charge in [-0.3, -0.25) is 0 Å². The summed E-state index contributed by atoms with van der Waals surface area (Å²) in [6.07, 6.45) is 28.1. The Kier molecular flexibility index (Phi) is 22.1. The summed E-state index contributed by atoms with van der Waals surface area (Å²) in [5.41, 5.74) is 4.98. The fraction of sp³-hybridized carbons (Fsp3) is 0.730. The van der Waals surface area contributed by atoms with Crippen LogP contribution in [0.25, 0.3) is 0 Å². The molecule has 0 fully saturated rings. The van der Waals surface area contributed by atoms with E-state index in [-0.39, 0.29) is 11.9 Å². The lowest BCUT2D eigenvalue weighted by Gasteiger charge is -2.19. The molecule has 0 saturated carbocycles. The van der Waals surface area contributed by atoms with Gasteiger partial charge in [0, 0.05) is 6.42 Å². The zero-order chi connectivity index (χ0) is 30.1. The van der Waals surface area contributed by atoms with Crippen molar-refractivity contribution in [3.63, 3.8) is 0 Å². The maximum atomic E-state index is 13.2. The van der Waals surface area contributed by atoms with Crippen LogP contribution in [0.5, 0.6) is 0 Å². The standard InChI is InChI=1S/C37H62O4/c1-6-8-10-12-14-16-18-28-40-36(38)34-27-26-33(25-21-24-32(5)23-20-22-31(3)4)30-35(34)37(39)41-29-19-17-15-13-11-9-7-2/h22,24,26H,6-21,23,25,27-30H2,1-5H3/b32-24+. The van der Waals surface area contributed by atoms with Crippen LogP contribution in [-0.4, -0.2) is 25.2 Å². The molecular weight excluding hydrogens is 508 g/mol. The Balaban J connectivity index is 2.65. The summed E-state index contributed by atoms with van der Waals surface area (Å²) in [6.45, 7) is 11.8. The van der Waals surface area contributed by atoms with Gasteiger partial charge in [0.15, 0.2) is 0 Å². The number of carbonyl (C=O) groups is 2. The molecule has 0 atom stereocenters. The lowest BCUT2D eigenvalue weighted by Crippen LogP contribution is -2.20. The summed E-state index contributed by atoms with van der Waals surface area (Å²) in [4.78, 5) is 26.2. The van der Waals surface area contributed by atoms with Gasteiger partial charge in [0.05, 0.1) is 24.4 Å². The number of rotatable bonds is 24. The molecular formula is C37H62O4. The highest BCUT2D eigenvalue weighted by molar-refractivity contribution is 6.01. The van der Waals surface area contributed by atoms with Crippen molar-refractivity contribution >= 4 is 11.9 Å². The van der Waals surface area contributed by atoms with Crippen LogP contribution in [0.1, 0.15) is 163 Å². The van der Waals surface area contributed by atoms with Crippen molar-refractivity contribution in [3.05, 3.63) is 46.1 Å². The van der Waals surface area contributed by atoms with E-state index in [1.165, 1.54) is 80.9 Å². The molecule has 0 aromatic heterocycles. The summed E-state index contributed by atoms with van der Waals surface area (Å²) in [5.74, 6) is -0.679. The van der Waals surface area contributed by atoms with Gasteiger partial charge in [-0.25, -0.2) is 9.59 Å². The molecule has 0 heterocycles. The van der Waals surface area contributed by atoms with Crippen LogP contribution < -0.4 is 0 Å². The SMILES string of the molecule is CCCCCCCCCOC(=O)C1=C(C(=O)OCCCCCCCCC)CC(CC/C=C(\C)CCC=C(C)C)=CC1. The van der Waals surface area contributed by atoms with Crippen molar-refractivity contribution in [3.8, 4) is 0 Å². The minimum absolute atomic E-state index is 0.335. The monoisotopic (exact) mass is 570 g/mol. The first kappa shape index (κ1) is 36.9. The highest BCUT2D eigenvalue weighted by Crippen LogP contribution is 2.30. The van der Waals surface area contributed by atoms with E-state index < -0.39 is 0 Å². The number of allylic oxidation sites excluding steroid dienone is 6. The van der Waals surface area contributed by atoms with Crippen molar-refractivity contribution in [2.24, 2.45) is 0 Å². The largest absolute Gasteiger partial charge is 0.462 e. The average Bonchev–Trinajstić information content (AvgIpc) is 2.95. The Morgan fingerprint density at radius 3 is 1.73 bits per heavy atom. The van der Waals surface area contributed by atoms with Crippen molar-refractivity contribution < 1.29 is 19.1 Å². The second-order valence-electron chi connectivity index (χ2n) is 12.1. The molecule has 0 aliphatic heterocycles. The van der Waals surface area contributed by atoms with Crippen LogP contribution in [0, 0.1) is 0 Å². The van der Waals surface area contributed by atoms with Gasteiger partial charge in [-0.15, -0.1) is 0 Å². The lowest BCUT2D eigenvalue weighted by molar-refractivity contribution is -0.142.